The Morgan fingerprint density at radius 1 is 1.03 bits per heavy atom. The standard InChI is InChI=1S/C26H19ClF3N3O4/c1-36-21-8-6-19(7-9-21)32-24(34)15-37-23-10-5-16(12-22(23)27)11-17(14-31)25(35)33-20-4-2-3-18(13-20)26(28,29)30/h2-13H,15H2,1H3,(H,32,34)(H,33,35)/b17-11+. The smallest absolute Gasteiger partial charge is 0.416 e. The Bertz CT molecular complexity index is 1370. The number of rotatable bonds is 8. The lowest BCUT2D eigenvalue weighted by atomic mass is 10.1. The van der Waals surface area contributed by atoms with Crippen LogP contribution in [0.1, 0.15) is 11.1 Å². The third-order valence-corrected chi connectivity index (χ3v) is 5.11. The predicted octanol–water partition coefficient (Wildman–Crippen LogP) is 5.93. The Hall–Kier alpha value is -4.49. The summed E-state index contributed by atoms with van der Waals surface area (Å²) in [6.07, 6.45) is -3.36. The molecule has 37 heavy (non-hydrogen) atoms. The molecule has 2 amide bonds. The van der Waals surface area contributed by atoms with Crippen molar-refractivity contribution in [3.05, 3.63) is 88.5 Å². The van der Waals surface area contributed by atoms with Crippen molar-refractivity contribution in [3.8, 4) is 17.6 Å². The second-order valence-electron chi connectivity index (χ2n) is 7.46. The minimum Gasteiger partial charge on any atom is -0.497 e. The zero-order valence-corrected chi connectivity index (χ0v) is 20.0. The molecule has 0 atom stereocenters. The summed E-state index contributed by atoms with van der Waals surface area (Å²) < 4.78 is 49.2. The summed E-state index contributed by atoms with van der Waals surface area (Å²) in [6.45, 7) is -0.330. The summed E-state index contributed by atoms with van der Waals surface area (Å²) in [5, 5.41) is 14.4. The Kier molecular flexibility index (Phi) is 8.77. The van der Waals surface area contributed by atoms with Gasteiger partial charge < -0.3 is 20.1 Å². The van der Waals surface area contributed by atoms with Gasteiger partial charge in [0.1, 0.15) is 23.1 Å². The van der Waals surface area contributed by atoms with Crippen molar-refractivity contribution in [2.24, 2.45) is 0 Å². The number of methoxy groups -OCH3 is 1. The molecule has 11 heteroatoms. The Morgan fingerprint density at radius 2 is 1.76 bits per heavy atom. The lowest BCUT2D eigenvalue weighted by Gasteiger charge is -2.10. The molecule has 0 bridgehead atoms. The van der Waals surface area contributed by atoms with Gasteiger partial charge in [-0.3, -0.25) is 9.59 Å². The molecule has 0 saturated heterocycles. The molecule has 3 aromatic carbocycles. The first-order chi connectivity index (χ1) is 17.6. The summed E-state index contributed by atoms with van der Waals surface area (Å²) >= 11 is 6.21. The first kappa shape index (κ1) is 27.1. The van der Waals surface area contributed by atoms with E-state index in [4.69, 9.17) is 21.1 Å². The van der Waals surface area contributed by atoms with E-state index < -0.39 is 23.6 Å². The molecule has 0 fully saturated rings. The van der Waals surface area contributed by atoms with Gasteiger partial charge in [-0.05, 0) is 66.2 Å². The first-order valence-corrected chi connectivity index (χ1v) is 10.9. The fourth-order valence-corrected chi connectivity index (χ4v) is 3.27. The molecule has 3 rings (SSSR count). The highest BCUT2D eigenvalue weighted by Crippen LogP contribution is 2.31. The van der Waals surface area contributed by atoms with Crippen LogP contribution in [0.3, 0.4) is 0 Å². The number of hydrogen-bond donors (Lipinski definition) is 2. The van der Waals surface area contributed by atoms with Gasteiger partial charge in [0.25, 0.3) is 11.8 Å². The maximum Gasteiger partial charge on any atom is 0.416 e. The first-order valence-electron chi connectivity index (χ1n) is 10.6. The van der Waals surface area contributed by atoms with Crippen molar-refractivity contribution in [2.45, 2.75) is 6.18 Å². The highest BCUT2D eigenvalue weighted by molar-refractivity contribution is 6.32. The fourth-order valence-electron chi connectivity index (χ4n) is 3.03. The van der Waals surface area contributed by atoms with E-state index in [0.29, 0.717) is 17.0 Å². The van der Waals surface area contributed by atoms with E-state index in [9.17, 15) is 28.0 Å². The van der Waals surface area contributed by atoms with Gasteiger partial charge in [0, 0.05) is 11.4 Å². The average Bonchev–Trinajstić information content (AvgIpc) is 2.86. The lowest BCUT2D eigenvalue weighted by Crippen LogP contribution is -2.20. The fraction of sp³-hybridized carbons (Fsp3) is 0.115. The quantitative estimate of drug-likeness (QED) is 0.278. The summed E-state index contributed by atoms with van der Waals surface area (Å²) in [5.74, 6) is -0.491. The van der Waals surface area contributed by atoms with E-state index >= 15 is 0 Å². The number of halogens is 4. The zero-order chi connectivity index (χ0) is 27.0. The van der Waals surface area contributed by atoms with E-state index in [1.54, 1.807) is 30.3 Å². The molecule has 7 nitrogen and oxygen atoms in total. The molecule has 0 aliphatic rings. The van der Waals surface area contributed by atoms with Crippen molar-refractivity contribution in [2.75, 3.05) is 24.4 Å². The molecule has 2 N–H and O–H groups in total. The van der Waals surface area contributed by atoms with Crippen molar-refractivity contribution in [1.29, 1.82) is 5.26 Å². The molecule has 0 aliphatic heterocycles. The summed E-state index contributed by atoms with van der Waals surface area (Å²) in [5.41, 5.74) is -0.506. The van der Waals surface area contributed by atoms with Crippen LogP contribution in [0, 0.1) is 11.3 Å². The normalized spacial score (nSPS) is 11.3. The molecule has 0 aliphatic carbocycles. The average molecular weight is 530 g/mol. The Labute approximate surface area is 215 Å². The van der Waals surface area contributed by atoms with Gasteiger partial charge in [-0.2, -0.15) is 18.4 Å². The monoisotopic (exact) mass is 529 g/mol. The maximum absolute atomic E-state index is 12.9. The molecule has 0 saturated carbocycles. The van der Waals surface area contributed by atoms with Gasteiger partial charge in [-0.25, -0.2) is 0 Å². The van der Waals surface area contributed by atoms with Gasteiger partial charge in [-0.15, -0.1) is 0 Å². The number of anilines is 2. The number of nitriles is 1. The van der Waals surface area contributed by atoms with Gasteiger partial charge in [0.2, 0.25) is 0 Å². The molecule has 0 unspecified atom stereocenters. The van der Waals surface area contributed by atoms with Crippen LogP contribution in [0.25, 0.3) is 6.08 Å². The number of benzene rings is 3. The topological polar surface area (TPSA) is 100 Å². The number of carbonyl (C=O) groups excluding carboxylic acids is 2. The zero-order valence-electron chi connectivity index (χ0n) is 19.2. The second kappa shape index (κ2) is 12.0. The number of ether oxygens (including phenoxy) is 2. The molecular weight excluding hydrogens is 511 g/mol. The summed E-state index contributed by atoms with van der Waals surface area (Å²) in [4.78, 5) is 24.6. The van der Waals surface area contributed by atoms with Crippen LogP contribution in [0.15, 0.2) is 72.3 Å². The lowest BCUT2D eigenvalue weighted by molar-refractivity contribution is -0.137. The predicted molar refractivity (Wildman–Crippen MR) is 132 cm³/mol. The van der Waals surface area contributed by atoms with Crippen LogP contribution in [-0.4, -0.2) is 25.5 Å². The summed E-state index contributed by atoms with van der Waals surface area (Å²) in [7, 11) is 1.53. The van der Waals surface area contributed by atoms with Gasteiger partial charge in [-0.1, -0.05) is 23.7 Å². The molecule has 0 heterocycles. The molecule has 3 aromatic rings. The van der Waals surface area contributed by atoms with Gasteiger partial charge >= 0.3 is 6.18 Å². The van der Waals surface area contributed by atoms with Crippen LogP contribution in [0.4, 0.5) is 24.5 Å². The van der Waals surface area contributed by atoms with E-state index in [1.165, 1.54) is 37.5 Å². The third-order valence-electron chi connectivity index (χ3n) is 4.81. The maximum atomic E-state index is 12.9. The van der Waals surface area contributed by atoms with Crippen LogP contribution >= 0.6 is 11.6 Å². The molecular formula is C26H19ClF3N3O4. The highest BCUT2D eigenvalue weighted by Gasteiger charge is 2.30. The molecule has 0 aromatic heterocycles. The minimum absolute atomic E-state index is 0.113. The number of alkyl halides is 3. The van der Waals surface area contributed by atoms with Crippen molar-refractivity contribution in [3.63, 3.8) is 0 Å². The molecule has 190 valence electrons. The van der Waals surface area contributed by atoms with E-state index in [0.717, 1.165) is 18.2 Å². The van der Waals surface area contributed by atoms with Crippen molar-refractivity contribution >= 4 is 40.9 Å². The Balaban J connectivity index is 1.63. The van der Waals surface area contributed by atoms with Gasteiger partial charge in [0.05, 0.1) is 17.7 Å². The summed E-state index contributed by atoms with van der Waals surface area (Å²) in [6, 6.07) is 16.8. The number of amides is 2. The van der Waals surface area contributed by atoms with Crippen molar-refractivity contribution < 1.29 is 32.2 Å². The van der Waals surface area contributed by atoms with Crippen LogP contribution in [0.2, 0.25) is 5.02 Å². The Morgan fingerprint density at radius 3 is 2.38 bits per heavy atom. The molecule has 0 radical (unpaired) electrons. The van der Waals surface area contributed by atoms with E-state index in [1.807, 2.05) is 0 Å². The second-order valence-corrected chi connectivity index (χ2v) is 7.86. The third kappa shape index (κ3) is 7.75. The van der Waals surface area contributed by atoms with Crippen LogP contribution in [0.5, 0.6) is 11.5 Å². The van der Waals surface area contributed by atoms with E-state index in [2.05, 4.69) is 10.6 Å². The van der Waals surface area contributed by atoms with Crippen LogP contribution in [-0.2, 0) is 15.8 Å². The van der Waals surface area contributed by atoms with Crippen LogP contribution < -0.4 is 20.1 Å². The van der Waals surface area contributed by atoms with E-state index in [-0.39, 0.29) is 28.6 Å². The number of carbonyl (C=O) groups is 2. The number of nitrogens with zero attached hydrogens (tertiary/aromatic N) is 1. The van der Waals surface area contributed by atoms with Crippen molar-refractivity contribution in [1.82, 2.24) is 0 Å². The largest absolute Gasteiger partial charge is 0.497 e. The number of hydrogen-bond acceptors (Lipinski definition) is 5. The highest BCUT2D eigenvalue weighted by atomic mass is 35.5. The molecule has 0 spiro atoms. The number of nitrogens with one attached hydrogen (secondary N) is 2. The van der Waals surface area contributed by atoms with Gasteiger partial charge in [0.15, 0.2) is 6.61 Å². The SMILES string of the molecule is COc1ccc(NC(=O)COc2ccc(/C=C(\C#N)C(=O)Nc3cccc(C(F)(F)F)c3)cc2Cl)cc1. The minimum atomic E-state index is -4.58.